The van der Waals surface area contributed by atoms with E-state index in [1.165, 1.54) is 36.0 Å². The van der Waals surface area contributed by atoms with Crippen molar-refractivity contribution in [1.82, 2.24) is 0 Å². The van der Waals surface area contributed by atoms with Crippen molar-refractivity contribution in [2.75, 3.05) is 5.32 Å². The molecule has 2 aromatic carbocycles. The maximum atomic E-state index is 12.1. The van der Waals surface area contributed by atoms with Crippen molar-refractivity contribution >= 4 is 40.6 Å². The number of nitrogens with zero attached hydrogens (tertiary/aromatic N) is 1. The minimum absolute atomic E-state index is 0.0124. The number of hydrogen-bond acceptors (Lipinski definition) is 4. The van der Waals surface area contributed by atoms with E-state index >= 15 is 0 Å². The zero-order valence-corrected chi connectivity index (χ0v) is 13.2. The molecule has 0 saturated heterocycles. The molecule has 2 aromatic rings. The summed E-state index contributed by atoms with van der Waals surface area (Å²) in [4.78, 5) is 23.1. The summed E-state index contributed by atoms with van der Waals surface area (Å²) >= 11 is 7.23. The second-order valence-electron chi connectivity index (χ2n) is 4.51. The zero-order chi connectivity index (χ0) is 16.1. The van der Waals surface area contributed by atoms with Crippen LogP contribution in [0.15, 0.2) is 53.4 Å². The third-order valence-electron chi connectivity index (χ3n) is 2.84. The Hall–Kier alpha value is -2.05. The van der Waals surface area contributed by atoms with Crippen LogP contribution >= 0.6 is 23.4 Å². The molecular formula is C15H13ClN2O3S. The summed E-state index contributed by atoms with van der Waals surface area (Å²) in [5, 5.41) is 13.6. The second-order valence-corrected chi connectivity index (χ2v) is 6.36. The summed E-state index contributed by atoms with van der Waals surface area (Å²) in [6.07, 6.45) is 0. The van der Waals surface area contributed by atoms with Gasteiger partial charge in [0, 0.05) is 27.7 Å². The molecule has 2 rings (SSSR count). The number of nitro benzene ring substituents is 1. The fourth-order valence-corrected chi connectivity index (χ4v) is 2.67. The van der Waals surface area contributed by atoms with Gasteiger partial charge in [-0.2, -0.15) is 0 Å². The van der Waals surface area contributed by atoms with Gasteiger partial charge in [-0.3, -0.25) is 14.9 Å². The minimum atomic E-state index is -0.482. The summed E-state index contributed by atoms with van der Waals surface area (Å²) in [5.41, 5.74) is 0.515. The maximum Gasteiger partial charge on any atom is 0.269 e. The van der Waals surface area contributed by atoms with Crippen LogP contribution in [0.4, 0.5) is 11.4 Å². The monoisotopic (exact) mass is 336 g/mol. The number of carbonyl (C=O) groups is 1. The standard InChI is InChI=1S/C15H13ClN2O3S/c1-10(22-14-8-2-11(16)3-9-14)15(19)17-12-4-6-13(7-5-12)18(20)21/h2-10H,1H3,(H,17,19). The van der Waals surface area contributed by atoms with Crippen LogP contribution in [-0.2, 0) is 4.79 Å². The van der Waals surface area contributed by atoms with E-state index in [0.717, 1.165) is 4.90 Å². The highest BCUT2D eigenvalue weighted by molar-refractivity contribution is 8.00. The molecule has 0 aliphatic heterocycles. The molecule has 0 bridgehead atoms. The molecule has 0 heterocycles. The van der Waals surface area contributed by atoms with E-state index in [2.05, 4.69) is 5.32 Å². The molecule has 1 amide bonds. The van der Waals surface area contributed by atoms with Gasteiger partial charge in [0.15, 0.2) is 0 Å². The first kappa shape index (κ1) is 16.3. The van der Waals surface area contributed by atoms with Gasteiger partial charge >= 0.3 is 0 Å². The van der Waals surface area contributed by atoms with Gasteiger partial charge in [0.2, 0.25) is 5.91 Å². The average molecular weight is 337 g/mol. The van der Waals surface area contributed by atoms with Crippen LogP contribution in [0.2, 0.25) is 5.02 Å². The summed E-state index contributed by atoms with van der Waals surface area (Å²) in [7, 11) is 0. The van der Waals surface area contributed by atoms with Gasteiger partial charge in [-0.05, 0) is 43.3 Å². The van der Waals surface area contributed by atoms with Gasteiger partial charge in [0.05, 0.1) is 10.2 Å². The first-order valence-electron chi connectivity index (χ1n) is 6.43. The zero-order valence-electron chi connectivity index (χ0n) is 11.7. The molecular weight excluding hydrogens is 324 g/mol. The van der Waals surface area contributed by atoms with E-state index in [4.69, 9.17) is 11.6 Å². The highest BCUT2D eigenvalue weighted by Crippen LogP contribution is 2.25. The van der Waals surface area contributed by atoms with Gasteiger partial charge < -0.3 is 5.32 Å². The smallest absolute Gasteiger partial charge is 0.269 e. The molecule has 1 N–H and O–H groups in total. The summed E-state index contributed by atoms with van der Waals surface area (Å²) < 4.78 is 0. The molecule has 0 spiro atoms. The second kappa shape index (κ2) is 7.29. The van der Waals surface area contributed by atoms with Crippen molar-refractivity contribution in [1.29, 1.82) is 0 Å². The quantitative estimate of drug-likeness (QED) is 0.500. The van der Waals surface area contributed by atoms with Crippen LogP contribution in [0, 0.1) is 10.1 Å². The molecule has 22 heavy (non-hydrogen) atoms. The summed E-state index contributed by atoms with van der Waals surface area (Å²) in [6.45, 7) is 1.79. The summed E-state index contributed by atoms with van der Waals surface area (Å²) in [5.74, 6) is -0.172. The fraction of sp³-hybridized carbons (Fsp3) is 0.133. The topological polar surface area (TPSA) is 72.2 Å². The third-order valence-corrected chi connectivity index (χ3v) is 4.21. The van der Waals surface area contributed by atoms with Crippen LogP contribution in [-0.4, -0.2) is 16.1 Å². The van der Waals surface area contributed by atoms with E-state index in [-0.39, 0.29) is 16.8 Å². The number of thioether (sulfide) groups is 1. The molecule has 1 atom stereocenters. The van der Waals surface area contributed by atoms with E-state index in [9.17, 15) is 14.9 Å². The predicted molar refractivity (Wildman–Crippen MR) is 88.5 cm³/mol. The van der Waals surface area contributed by atoms with Crippen LogP contribution in [0.3, 0.4) is 0 Å². The lowest BCUT2D eigenvalue weighted by Crippen LogP contribution is -2.22. The average Bonchev–Trinajstić information content (AvgIpc) is 2.50. The fourth-order valence-electron chi connectivity index (χ4n) is 1.68. The highest BCUT2D eigenvalue weighted by atomic mass is 35.5. The van der Waals surface area contributed by atoms with Crippen LogP contribution in [0.1, 0.15) is 6.92 Å². The van der Waals surface area contributed by atoms with Crippen molar-refractivity contribution in [3.05, 3.63) is 63.7 Å². The number of anilines is 1. The molecule has 0 saturated carbocycles. The van der Waals surface area contributed by atoms with E-state index in [0.29, 0.717) is 10.7 Å². The molecule has 0 aromatic heterocycles. The Morgan fingerprint density at radius 1 is 1.18 bits per heavy atom. The van der Waals surface area contributed by atoms with Crippen LogP contribution < -0.4 is 5.32 Å². The first-order valence-corrected chi connectivity index (χ1v) is 7.69. The Bertz CT molecular complexity index is 674. The number of nitro groups is 1. The lowest BCUT2D eigenvalue weighted by molar-refractivity contribution is -0.384. The molecule has 114 valence electrons. The van der Waals surface area contributed by atoms with E-state index in [1.54, 1.807) is 19.1 Å². The number of non-ortho nitro benzene ring substituents is 1. The van der Waals surface area contributed by atoms with Crippen LogP contribution in [0.5, 0.6) is 0 Å². The normalized spacial score (nSPS) is 11.7. The molecule has 0 fully saturated rings. The Morgan fingerprint density at radius 3 is 2.32 bits per heavy atom. The first-order chi connectivity index (χ1) is 10.5. The molecule has 5 nitrogen and oxygen atoms in total. The van der Waals surface area contributed by atoms with Gasteiger partial charge in [-0.25, -0.2) is 0 Å². The number of hydrogen-bond donors (Lipinski definition) is 1. The lowest BCUT2D eigenvalue weighted by atomic mass is 10.3. The lowest BCUT2D eigenvalue weighted by Gasteiger charge is -2.12. The van der Waals surface area contributed by atoms with Gasteiger partial charge in [0.1, 0.15) is 0 Å². The number of halogens is 1. The van der Waals surface area contributed by atoms with Crippen molar-refractivity contribution in [2.45, 2.75) is 17.1 Å². The SMILES string of the molecule is CC(Sc1ccc(Cl)cc1)C(=O)Nc1ccc([N+](=O)[O-])cc1. The van der Waals surface area contributed by atoms with Crippen molar-refractivity contribution in [2.24, 2.45) is 0 Å². The maximum absolute atomic E-state index is 12.1. The van der Waals surface area contributed by atoms with Crippen molar-refractivity contribution in [3.63, 3.8) is 0 Å². The third kappa shape index (κ3) is 4.47. The van der Waals surface area contributed by atoms with Gasteiger partial charge in [-0.15, -0.1) is 11.8 Å². The molecule has 0 radical (unpaired) electrons. The molecule has 7 heteroatoms. The van der Waals surface area contributed by atoms with Crippen LogP contribution in [0.25, 0.3) is 0 Å². The highest BCUT2D eigenvalue weighted by Gasteiger charge is 2.15. The van der Waals surface area contributed by atoms with Crippen molar-refractivity contribution in [3.8, 4) is 0 Å². The Kier molecular flexibility index (Phi) is 5.41. The number of benzene rings is 2. The predicted octanol–water partition coefficient (Wildman–Crippen LogP) is 4.37. The van der Waals surface area contributed by atoms with Gasteiger partial charge in [0.25, 0.3) is 5.69 Å². The molecule has 0 aliphatic carbocycles. The van der Waals surface area contributed by atoms with E-state index < -0.39 is 4.92 Å². The Morgan fingerprint density at radius 2 is 1.77 bits per heavy atom. The Balaban J connectivity index is 1.95. The van der Waals surface area contributed by atoms with Gasteiger partial charge in [-0.1, -0.05) is 11.6 Å². The summed E-state index contributed by atoms with van der Waals surface area (Å²) in [6, 6.07) is 13.0. The number of carbonyl (C=O) groups excluding carboxylic acids is 1. The number of nitrogens with one attached hydrogen (secondary N) is 1. The van der Waals surface area contributed by atoms with E-state index in [1.807, 2.05) is 12.1 Å². The Labute approximate surface area is 136 Å². The number of rotatable bonds is 5. The number of amides is 1. The van der Waals surface area contributed by atoms with Crippen molar-refractivity contribution < 1.29 is 9.72 Å². The molecule has 1 unspecified atom stereocenters. The minimum Gasteiger partial charge on any atom is -0.325 e. The molecule has 0 aliphatic rings. The largest absolute Gasteiger partial charge is 0.325 e.